The molecule has 0 fully saturated rings. The molecular formula is C24H20O6. The minimum Gasteiger partial charge on any atom is -0.465 e. The van der Waals surface area contributed by atoms with Crippen LogP contribution in [0, 0.1) is 0 Å². The molecular weight excluding hydrogens is 384 g/mol. The summed E-state index contributed by atoms with van der Waals surface area (Å²) >= 11 is 0. The first kappa shape index (κ1) is 19.6. The van der Waals surface area contributed by atoms with Crippen LogP contribution in [0.4, 0.5) is 0 Å². The zero-order valence-electron chi connectivity index (χ0n) is 16.5. The summed E-state index contributed by atoms with van der Waals surface area (Å²) in [5.74, 6) is -0.954. The first-order valence-corrected chi connectivity index (χ1v) is 9.65. The highest BCUT2D eigenvalue weighted by Gasteiger charge is 2.15. The van der Waals surface area contributed by atoms with Crippen molar-refractivity contribution in [3.63, 3.8) is 0 Å². The second-order valence-electron chi connectivity index (χ2n) is 7.12. The van der Waals surface area contributed by atoms with Crippen LogP contribution < -0.4 is 5.63 Å². The molecule has 4 rings (SSSR count). The molecule has 152 valence electrons. The Bertz CT molecular complexity index is 1200. The largest absolute Gasteiger partial charge is 0.465 e. The lowest BCUT2D eigenvalue weighted by molar-refractivity contribution is -0.138. The SMILES string of the molecule is COC(=O)c1ccc(/C=C/C(=O)OCc2cc(=O)oc3cc4c(cc23)CCC4)cc1. The van der Waals surface area contributed by atoms with E-state index in [-0.39, 0.29) is 6.61 Å². The summed E-state index contributed by atoms with van der Waals surface area (Å²) in [7, 11) is 1.32. The molecule has 6 heteroatoms. The first-order chi connectivity index (χ1) is 14.5. The van der Waals surface area contributed by atoms with E-state index >= 15 is 0 Å². The van der Waals surface area contributed by atoms with Crippen molar-refractivity contribution in [2.45, 2.75) is 25.9 Å². The highest BCUT2D eigenvalue weighted by Crippen LogP contribution is 2.28. The molecule has 2 aromatic carbocycles. The first-order valence-electron chi connectivity index (χ1n) is 9.65. The molecule has 0 unspecified atom stereocenters. The Morgan fingerprint density at radius 1 is 1.07 bits per heavy atom. The van der Waals surface area contributed by atoms with Crippen molar-refractivity contribution < 1.29 is 23.5 Å². The van der Waals surface area contributed by atoms with E-state index in [1.807, 2.05) is 12.1 Å². The van der Waals surface area contributed by atoms with Crippen molar-refractivity contribution in [3.05, 3.63) is 86.8 Å². The van der Waals surface area contributed by atoms with Gasteiger partial charge >= 0.3 is 17.6 Å². The van der Waals surface area contributed by atoms with Gasteiger partial charge < -0.3 is 13.9 Å². The van der Waals surface area contributed by atoms with Gasteiger partial charge in [0.05, 0.1) is 12.7 Å². The van der Waals surface area contributed by atoms with Crippen molar-refractivity contribution in [1.29, 1.82) is 0 Å². The minimum atomic E-state index is -0.533. The third-order valence-electron chi connectivity index (χ3n) is 5.16. The summed E-state index contributed by atoms with van der Waals surface area (Å²) in [4.78, 5) is 35.5. The standard InChI is InChI=1S/C24H20O6/c1-28-24(27)16-8-5-15(6-9-16)7-10-22(25)29-14-19-13-23(26)30-21-12-18-4-2-3-17(18)11-20(19)21/h5-13H,2-4,14H2,1H3/b10-7+. The molecule has 0 spiro atoms. The molecule has 0 saturated carbocycles. The number of methoxy groups -OCH3 is 1. The van der Waals surface area contributed by atoms with E-state index in [0.29, 0.717) is 16.7 Å². The number of carbonyl (C=O) groups is 2. The number of hydrogen-bond donors (Lipinski definition) is 0. The molecule has 3 aromatic rings. The average molecular weight is 404 g/mol. The zero-order valence-corrected chi connectivity index (χ0v) is 16.5. The molecule has 0 N–H and O–H groups in total. The summed E-state index contributed by atoms with van der Waals surface area (Å²) in [5.41, 5.74) is 4.31. The van der Waals surface area contributed by atoms with Crippen LogP contribution in [0.5, 0.6) is 0 Å². The molecule has 0 bridgehead atoms. The lowest BCUT2D eigenvalue weighted by atomic mass is 10.0. The highest BCUT2D eigenvalue weighted by molar-refractivity contribution is 5.90. The number of rotatable bonds is 5. The van der Waals surface area contributed by atoms with E-state index < -0.39 is 17.6 Å². The number of fused-ring (bicyclic) bond motifs is 2. The maximum absolute atomic E-state index is 12.1. The van der Waals surface area contributed by atoms with Crippen LogP contribution in [-0.2, 0) is 33.7 Å². The van der Waals surface area contributed by atoms with Gasteiger partial charge in [0.2, 0.25) is 0 Å². The molecule has 1 aromatic heterocycles. The molecule has 1 aliphatic rings. The number of ether oxygens (including phenoxy) is 2. The lowest BCUT2D eigenvalue weighted by Crippen LogP contribution is -2.06. The topological polar surface area (TPSA) is 82.8 Å². The fourth-order valence-electron chi connectivity index (χ4n) is 3.62. The van der Waals surface area contributed by atoms with Crippen molar-refractivity contribution in [1.82, 2.24) is 0 Å². The van der Waals surface area contributed by atoms with Gasteiger partial charge in [-0.1, -0.05) is 12.1 Å². The molecule has 0 atom stereocenters. The predicted molar refractivity (Wildman–Crippen MR) is 111 cm³/mol. The van der Waals surface area contributed by atoms with Crippen LogP contribution in [0.1, 0.15) is 39.0 Å². The Balaban J connectivity index is 1.46. The molecule has 1 heterocycles. The summed E-state index contributed by atoms with van der Waals surface area (Å²) in [5, 5.41) is 0.797. The van der Waals surface area contributed by atoms with Gasteiger partial charge in [-0.2, -0.15) is 0 Å². The quantitative estimate of drug-likeness (QED) is 0.365. The zero-order chi connectivity index (χ0) is 21.1. The van der Waals surface area contributed by atoms with Crippen molar-refractivity contribution in [2.75, 3.05) is 7.11 Å². The van der Waals surface area contributed by atoms with E-state index in [1.54, 1.807) is 30.3 Å². The highest BCUT2D eigenvalue weighted by atomic mass is 16.5. The van der Waals surface area contributed by atoms with Gasteiger partial charge in [-0.05, 0) is 66.3 Å². The second-order valence-corrected chi connectivity index (χ2v) is 7.12. The minimum absolute atomic E-state index is 0.0225. The summed E-state index contributed by atoms with van der Waals surface area (Å²) in [6.07, 6.45) is 5.97. The molecule has 0 radical (unpaired) electrons. The van der Waals surface area contributed by atoms with E-state index in [9.17, 15) is 14.4 Å². The van der Waals surface area contributed by atoms with Gasteiger partial charge in [-0.15, -0.1) is 0 Å². The van der Waals surface area contributed by atoms with Crippen LogP contribution >= 0.6 is 0 Å². The van der Waals surface area contributed by atoms with Gasteiger partial charge in [-0.25, -0.2) is 14.4 Å². The monoisotopic (exact) mass is 404 g/mol. The third kappa shape index (κ3) is 4.17. The van der Waals surface area contributed by atoms with E-state index in [2.05, 4.69) is 4.74 Å². The Morgan fingerprint density at radius 3 is 2.53 bits per heavy atom. The maximum atomic E-state index is 12.1. The molecule has 30 heavy (non-hydrogen) atoms. The van der Waals surface area contributed by atoms with Crippen LogP contribution in [0.15, 0.2) is 57.8 Å². The normalized spacial score (nSPS) is 12.8. The maximum Gasteiger partial charge on any atom is 0.337 e. The van der Waals surface area contributed by atoms with Crippen molar-refractivity contribution >= 4 is 29.0 Å². The Hall–Kier alpha value is -3.67. The summed E-state index contributed by atoms with van der Waals surface area (Å²) in [6.45, 7) is -0.0225. The van der Waals surface area contributed by atoms with Gasteiger partial charge in [-0.3, -0.25) is 0 Å². The second kappa shape index (κ2) is 8.37. The molecule has 0 amide bonds. The smallest absolute Gasteiger partial charge is 0.337 e. The van der Waals surface area contributed by atoms with Crippen molar-refractivity contribution in [2.24, 2.45) is 0 Å². The lowest BCUT2D eigenvalue weighted by Gasteiger charge is -2.08. The number of hydrogen-bond acceptors (Lipinski definition) is 6. The molecule has 6 nitrogen and oxygen atoms in total. The molecule has 1 aliphatic carbocycles. The average Bonchev–Trinajstić information content (AvgIpc) is 3.21. The Kier molecular flexibility index (Phi) is 5.48. The third-order valence-corrected chi connectivity index (χ3v) is 5.16. The van der Waals surface area contributed by atoms with Gasteiger partial charge in [0, 0.05) is 23.1 Å². The summed E-state index contributed by atoms with van der Waals surface area (Å²) < 4.78 is 15.3. The molecule has 0 aliphatic heterocycles. The van der Waals surface area contributed by atoms with Gasteiger partial charge in [0.25, 0.3) is 0 Å². The van der Waals surface area contributed by atoms with Gasteiger partial charge in [0.15, 0.2) is 0 Å². The fraction of sp³-hybridized carbons (Fsp3) is 0.208. The number of aryl methyl sites for hydroxylation is 2. The fourth-order valence-corrected chi connectivity index (χ4v) is 3.62. The summed E-state index contributed by atoms with van der Waals surface area (Å²) in [6, 6.07) is 11.9. The van der Waals surface area contributed by atoms with Crippen LogP contribution in [0.3, 0.4) is 0 Å². The van der Waals surface area contributed by atoms with E-state index in [0.717, 1.165) is 30.2 Å². The Morgan fingerprint density at radius 2 is 1.80 bits per heavy atom. The van der Waals surface area contributed by atoms with Crippen molar-refractivity contribution in [3.8, 4) is 0 Å². The van der Waals surface area contributed by atoms with E-state index in [1.165, 1.54) is 30.4 Å². The number of benzene rings is 2. The van der Waals surface area contributed by atoms with Gasteiger partial charge in [0.1, 0.15) is 12.2 Å². The van der Waals surface area contributed by atoms with Crippen LogP contribution in [-0.4, -0.2) is 19.0 Å². The molecule has 0 saturated heterocycles. The van der Waals surface area contributed by atoms with Crippen LogP contribution in [0.25, 0.3) is 17.0 Å². The number of carbonyl (C=O) groups excluding carboxylic acids is 2. The predicted octanol–water partition coefficient (Wildman–Crippen LogP) is 3.82. The van der Waals surface area contributed by atoms with Crippen LogP contribution in [0.2, 0.25) is 0 Å². The van der Waals surface area contributed by atoms with E-state index in [4.69, 9.17) is 9.15 Å². The Labute approximate surface area is 172 Å². The number of esters is 2.